The first-order chi connectivity index (χ1) is 14.7. The van der Waals surface area contributed by atoms with E-state index in [-0.39, 0.29) is 0 Å². The lowest BCUT2D eigenvalue weighted by molar-refractivity contribution is 0.465. The zero-order valence-corrected chi connectivity index (χ0v) is 19.3. The Morgan fingerprint density at radius 3 is 1.27 bits per heavy atom. The molecule has 0 aliphatic heterocycles. The number of rotatable bonds is 15. The van der Waals surface area contributed by atoms with Crippen LogP contribution in [0.15, 0.2) is 36.4 Å². The van der Waals surface area contributed by atoms with Crippen LogP contribution in [0.5, 0.6) is 11.5 Å². The topological polar surface area (TPSA) is 40.5 Å². The van der Waals surface area contributed by atoms with E-state index < -0.39 is 0 Å². The Balaban J connectivity index is 1.95. The van der Waals surface area contributed by atoms with E-state index in [2.05, 4.69) is 26.0 Å². The summed E-state index contributed by atoms with van der Waals surface area (Å²) >= 11 is 0. The molecule has 0 aliphatic carbocycles. The van der Waals surface area contributed by atoms with Crippen molar-refractivity contribution >= 4 is 0 Å². The summed E-state index contributed by atoms with van der Waals surface area (Å²) in [7, 11) is 0. The first kappa shape index (κ1) is 24.3. The van der Waals surface area contributed by atoms with Crippen molar-refractivity contribution in [3.05, 3.63) is 47.5 Å². The van der Waals surface area contributed by atoms with Gasteiger partial charge in [-0.3, -0.25) is 0 Å². The molecule has 0 amide bonds. The van der Waals surface area contributed by atoms with Gasteiger partial charge in [0.2, 0.25) is 0 Å². The number of aromatic hydroxyl groups is 2. The van der Waals surface area contributed by atoms with Crippen LogP contribution in [0.3, 0.4) is 0 Å². The molecule has 2 N–H and O–H groups in total. The molecule has 2 nitrogen and oxygen atoms in total. The molecule has 0 unspecified atom stereocenters. The number of benzene rings is 2. The molecular formula is C28H42O2. The van der Waals surface area contributed by atoms with E-state index >= 15 is 0 Å². The van der Waals surface area contributed by atoms with Crippen LogP contribution in [-0.2, 0) is 12.8 Å². The molecule has 0 radical (unpaired) electrons. The summed E-state index contributed by atoms with van der Waals surface area (Å²) in [6, 6.07) is 11.9. The normalized spacial score (nSPS) is 11.1. The lowest BCUT2D eigenvalue weighted by Gasteiger charge is -2.11. The highest BCUT2D eigenvalue weighted by molar-refractivity contribution is 5.67. The smallest absolute Gasteiger partial charge is 0.118 e. The molecule has 2 rings (SSSR count). The third kappa shape index (κ3) is 8.42. The van der Waals surface area contributed by atoms with Crippen molar-refractivity contribution in [3.63, 3.8) is 0 Å². The summed E-state index contributed by atoms with van der Waals surface area (Å²) in [5.41, 5.74) is 4.32. The number of unbranched alkanes of at least 4 members (excludes halogenated alkanes) is 10. The predicted molar refractivity (Wildman–Crippen MR) is 129 cm³/mol. The van der Waals surface area contributed by atoms with Crippen molar-refractivity contribution < 1.29 is 10.2 Å². The molecule has 2 heteroatoms. The highest BCUT2D eigenvalue weighted by Gasteiger charge is 2.08. The molecule has 0 heterocycles. The van der Waals surface area contributed by atoms with Gasteiger partial charge in [0.15, 0.2) is 0 Å². The van der Waals surface area contributed by atoms with Gasteiger partial charge < -0.3 is 10.2 Å². The molecule has 0 aliphatic rings. The number of hydrogen-bond acceptors (Lipinski definition) is 2. The van der Waals surface area contributed by atoms with Gasteiger partial charge in [0.1, 0.15) is 11.5 Å². The molecule has 2 aromatic rings. The van der Waals surface area contributed by atoms with Gasteiger partial charge in [-0.05, 0) is 72.2 Å². The Morgan fingerprint density at radius 2 is 0.867 bits per heavy atom. The molecule has 166 valence electrons. The molecule has 0 aromatic heterocycles. The third-order valence-corrected chi connectivity index (χ3v) is 6.09. The molecule has 0 atom stereocenters. The summed E-state index contributed by atoms with van der Waals surface area (Å²) in [6.45, 7) is 4.48. The molecule has 0 bridgehead atoms. The summed E-state index contributed by atoms with van der Waals surface area (Å²) in [4.78, 5) is 0. The van der Waals surface area contributed by atoms with E-state index in [9.17, 15) is 10.2 Å². The fourth-order valence-electron chi connectivity index (χ4n) is 4.12. The maximum absolute atomic E-state index is 10.3. The highest BCUT2D eigenvalue weighted by Crippen LogP contribution is 2.31. The van der Waals surface area contributed by atoms with Gasteiger partial charge in [0, 0.05) is 0 Å². The minimum absolute atomic E-state index is 0.401. The van der Waals surface area contributed by atoms with Crippen LogP contribution in [-0.4, -0.2) is 10.2 Å². The standard InChI is InChI=1S/C28H42O2/c1-3-5-7-9-11-13-15-25-21-23(17-19-27(25)29)24-18-20-28(30)26(22-24)16-14-12-10-8-6-4-2/h17-22,29-30H,3-16H2,1-2H3. The van der Waals surface area contributed by atoms with Crippen LogP contribution in [0, 0.1) is 0 Å². The van der Waals surface area contributed by atoms with Crippen LogP contribution >= 0.6 is 0 Å². The van der Waals surface area contributed by atoms with Gasteiger partial charge in [0.05, 0.1) is 0 Å². The van der Waals surface area contributed by atoms with Gasteiger partial charge in [0.25, 0.3) is 0 Å². The van der Waals surface area contributed by atoms with Crippen LogP contribution in [0.4, 0.5) is 0 Å². The predicted octanol–water partition coefficient (Wildman–Crippen LogP) is 8.57. The van der Waals surface area contributed by atoms with Crippen molar-refractivity contribution in [1.82, 2.24) is 0 Å². The first-order valence-corrected chi connectivity index (χ1v) is 12.3. The zero-order chi connectivity index (χ0) is 21.6. The second kappa shape index (κ2) is 14.1. The molecule has 0 saturated carbocycles. The van der Waals surface area contributed by atoms with E-state index in [1.807, 2.05) is 24.3 Å². The highest BCUT2D eigenvalue weighted by atomic mass is 16.3. The SMILES string of the molecule is CCCCCCCCc1cc(-c2ccc(O)c(CCCCCCCC)c2)ccc1O. The Labute approximate surface area is 184 Å². The quantitative estimate of drug-likeness (QED) is 0.289. The molecule has 0 spiro atoms. The van der Waals surface area contributed by atoms with E-state index in [1.165, 1.54) is 64.2 Å². The van der Waals surface area contributed by atoms with Crippen molar-refractivity contribution in [2.75, 3.05) is 0 Å². The molecule has 0 fully saturated rings. The average Bonchev–Trinajstić information content (AvgIpc) is 2.75. The van der Waals surface area contributed by atoms with Gasteiger partial charge in [-0.15, -0.1) is 0 Å². The Hall–Kier alpha value is -1.96. The van der Waals surface area contributed by atoms with E-state index in [0.29, 0.717) is 11.5 Å². The monoisotopic (exact) mass is 410 g/mol. The number of hydrogen-bond donors (Lipinski definition) is 2. The zero-order valence-electron chi connectivity index (χ0n) is 19.3. The van der Waals surface area contributed by atoms with Crippen molar-refractivity contribution in [1.29, 1.82) is 0 Å². The molecule has 30 heavy (non-hydrogen) atoms. The summed E-state index contributed by atoms with van der Waals surface area (Å²) in [6.07, 6.45) is 17.0. The van der Waals surface area contributed by atoms with Gasteiger partial charge in [-0.1, -0.05) is 90.2 Å². The first-order valence-electron chi connectivity index (χ1n) is 12.3. The van der Waals surface area contributed by atoms with E-state index in [0.717, 1.165) is 47.9 Å². The summed E-state index contributed by atoms with van der Waals surface area (Å²) < 4.78 is 0. The lowest BCUT2D eigenvalue weighted by Crippen LogP contribution is -1.91. The number of phenols is 2. The fourth-order valence-corrected chi connectivity index (χ4v) is 4.12. The maximum Gasteiger partial charge on any atom is 0.118 e. The molecule has 2 aromatic carbocycles. The van der Waals surface area contributed by atoms with Crippen LogP contribution in [0.1, 0.15) is 102 Å². The minimum atomic E-state index is 0.401. The molecular weight excluding hydrogens is 368 g/mol. The minimum Gasteiger partial charge on any atom is -0.508 e. The summed E-state index contributed by atoms with van der Waals surface area (Å²) in [5.74, 6) is 0.803. The van der Waals surface area contributed by atoms with Crippen molar-refractivity contribution in [2.45, 2.75) is 104 Å². The third-order valence-electron chi connectivity index (χ3n) is 6.09. The van der Waals surface area contributed by atoms with Crippen molar-refractivity contribution in [3.8, 4) is 22.6 Å². The fraction of sp³-hybridized carbons (Fsp3) is 0.571. The Bertz CT molecular complexity index is 672. The largest absolute Gasteiger partial charge is 0.508 e. The van der Waals surface area contributed by atoms with Gasteiger partial charge in [-0.25, -0.2) is 0 Å². The van der Waals surface area contributed by atoms with Gasteiger partial charge >= 0.3 is 0 Å². The van der Waals surface area contributed by atoms with Crippen molar-refractivity contribution in [2.24, 2.45) is 0 Å². The second-order valence-electron chi connectivity index (χ2n) is 8.72. The maximum atomic E-state index is 10.3. The van der Waals surface area contributed by atoms with E-state index in [1.54, 1.807) is 0 Å². The lowest BCUT2D eigenvalue weighted by atomic mass is 9.96. The van der Waals surface area contributed by atoms with E-state index in [4.69, 9.17) is 0 Å². The van der Waals surface area contributed by atoms with Crippen LogP contribution < -0.4 is 0 Å². The number of phenolic OH excluding ortho intramolecular Hbond substituents is 2. The van der Waals surface area contributed by atoms with Crippen LogP contribution in [0.2, 0.25) is 0 Å². The number of aryl methyl sites for hydroxylation is 2. The Morgan fingerprint density at radius 1 is 0.500 bits per heavy atom. The second-order valence-corrected chi connectivity index (χ2v) is 8.72. The Kier molecular flexibility index (Phi) is 11.4. The molecule has 0 saturated heterocycles. The van der Waals surface area contributed by atoms with Gasteiger partial charge in [-0.2, -0.15) is 0 Å². The summed E-state index contributed by atoms with van der Waals surface area (Å²) in [5, 5.41) is 20.6. The van der Waals surface area contributed by atoms with Crippen LogP contribution in [0.25, 0.3) is 11.1 Å². The average molecular weight is 411 g/mol.